The third-order valence-corrected chi connectivity index (χ3v) is 3.91. The molecule has 0 spiro atoms. The summed E-state index contributed by atoms with van der Waals surface area (Å²) in [7, 11) is 0. The molecule has 1 N–H and O–H groups in total. The minimum absolute atomic E-state index is 0.460. The zero-order valence-electron chi connectivity index (χ0n) is 9.30. The molecule has 4 heteroatoms. The van der Waals surface area contributed by atoms with Gasteiger partial charge in [-0.3, -0.25) is 0 Å². The Balaban J connectivity index is 2.21. The van der Waals surface area contributed by atoms with Gasteiger partial charge in [0.15, 0.2) is 0 Å². The van der Waals surface area contributed by atoms with Crippen LogP contribution in [0.3, 0.4) is 0 Å². The summed E-state index contributed by atoms with van der Waals surface area (Å²) in [6, 6.07) is 11.8. The first-order chi connectivity index (χ1) is 8.16. The lowest BCUT2D eigenvalue weighted by molar-refractivity contribution is 0.198. The third kappa shape index (κ3) is 3.31. The predicted molar refractivity (Wildman–Crippen MR) is 73.1 cm³/mol. The van der Waals surface area contributed by atoms with Crippen LogP contribution in [0.2, 0.25) is 0 Å². The summed E-state index contributed by atoms with van der Waals surface area (Å²) >= 11 is 5.07. The van der Waals surface area contributed by atoms with Crippen LogP contribution in [0.1, 0.15) is 18.6 Å². The summed E-state index contributed by atoms with van der Waals surface area (Å²) in [5, 5.41) is 10.5. The van der Waals surface area contributed by atoms with E-state index in [1.165, 1.54) is 0 Å². The smallest absolute Gasteiger partial charge is 0.101 e. The molecule has 1 heterocycles. The van der Waals surface area contributed by atoms with Crippen molar-refractivity contribution in [3.05, 3.63) is 52.6 Å². The summed E-state index contributed by atoms with van der Waals surface area (Å²) in [5.41, 5.74) is 0.898. The fourth-order valence-corrected chi connectivity index (χ4v) is 3.11. The van der Waals surface area contributed by atoms with Crippen LogP contribution in [0.25, 0.3) is 0 Å². The molecule has 2 rings (SSSR count). The first kappa shape index (κ1) is 12.6. The van der Waals surface area contributed by atoms with Crippen molar-refractivity contribution in [1.82, 2.24) is 4.98 Å². The number of aliphatic hydroxyl groups is 1. The first-order valence-corrected chi connectivity index (χ1v) is 6.84. The van der Waals surface area contributed by atoms with Gasteiger partial charge >= 0.3 is 0 Å². The minimum atomic E-state index is -0.460. The summed E-state index contributed by atoms with van der Waals surface area (Å²) < 4.78 is 0.924. The van der Waals surface area contributed by atoms with Gasteiger partial charge in [-0.25, -0.2) is 4.98 Å². The van der Waals surface area contributed by atoms with E-state index >= 15 is 0 Å². The van der Waals surface area contributed by atoms with Gasteiger partial charge in [-0.15, -0.1) is 0 Å². The second-order valence-electron chi connectivity index (χ2n) is 3.63. The molecule has 0 amide bonds. The number of aromatic nitrogens is 1. The van der Waals surface area contributed by atoms with Crippen LogP contribution in [0, 0.1) is 0 Å². The zero-order valence-corrected chi connectivity index (χ0v) is 11.7. The largest absolute Gasteiger partial charge is 0.389 e. The number of nitrogens with zero attached hydrogens (tertiary/aromatic N) is 1. The van der Waals surface area contributed by atoms with E-state index in [2.05, 4.69) is 20.9 Å². The average molecular weight is 310 g/mol. The third-order valence-electron chi connectivity index (χ3n) is 2.28. The molecular formula is C13H12BrNOS. The number of hydrogen-bond acceptors (Lipinski definition) is 3. The fourth-order valence-electron chi connectivity index (χ4n) is 1.44. The van der Waals surface area contributed by atoms with Gasteiger partial charge in [0.25, 0.3) is 0 Å². The van der Waals surface area contributed by atoms with Crippen LogP contribution in [-0.2, 0) is 0 Å². The van der Waals surface area contributed by atoms with Crippen molar-refractivity contribution in [3.63, 3.8) is 0 Å². The summed E-state index contributed by atoms with van der Waals surface area (Å²) in [6.45, 7) is 1.76. The van der Waals surface area contributed by atoms with Gasteiger partial charge in [0, 0.05) is 15.6 Å². The van der Waals surface area contributed by atoms with E-state index in [0.29, 0.717) is 0 Å². The Kier molecular flexibility index (Phi) is 4.20. The normalized spacial score (nSPS) is 12.4. The monoisotopic (exact) mass is 309 g/mol. The van der Waals surface area contributed by atoms with E-state index in [0.717, 1.165) is 20.0 Å². The molecule has 0 aliphatic heterocycles. The van der Waals surface area contributed by atoms with Gasteiger partial charge in [-0.1, -0.05) is 39.8 Å². The number of benzene rings is 1. The molecule has 1 atom stereocenters. The predicted octanol–water partition coefficient (Wildman–Crippen LogP) is 4.05. The number of halogens is 1. The Labute approximate surface area is 113 Å². The standard InChI is InChI=1S/C13H12BrNOS/c1-9(16)11-6-5-10(8-12(11)14)17-13-4-2-3-7-15-13/h2-9,16H,1H3/t9-/m0/s1. The van der Waals surface area contributed by atoms with Gasteiger partial charge < -0.3 is 5.11 Å². The summed E-state index contributed by atoms with van der Waals surface area (Å²) in [5.74, 6) is 0. The van der Waals surface area contributed by atoms with Crippen LogP contribution in [0.5, 0.6) is 0 Å². The van der Waals surface area contributed by atoms with E-state index in [1.54, 1.807) is 24.9 Å². The van der Waals surface area contributed by atoms with Crippen molar-refractivity contribution < 1.29 is 5.11 Å². The van der Waals surface area contributed by atoms with Crippen LogP contribution in [0.4, 0.5) is 0 Å². The molecular weight excluding hydrogens is 298 g/mol. The maximum atomic E-state index is 9.54. The van der Waals surface area contributed by atoms with E-state index in [9.17, 15) is 5.11 Å². The van der Waals surface area contributed by atoms with Gasteiger partial charge in [-0.2, -0.15) is 0 Å². The highest BCUT2D eigenvalue weighted by Crippen LogP contribution is 2.31. The van der Waals surface area contributed by atoms with Gasteiger partial charge in [0.1, 0.15) is 5.03 Å². The van der Waals surface area contributed by atoms with Crippen molar-refractivity contribution in [3.8, 4) is 0 Å². The molecule has 0 saturated heterocycles. The Morgan fingerprint density at radius 3 is 2.71 bits per heavy atom. The highest BCUT2D eigenvalue weighted by molar-refractivity contribution is 9.10. The molecule has 2 aromatic rings. The highest BCUT2D eigenvalue weighted by Gasteiger charge is 2.07. The molecule has 0 bridgehead atoms. The summed E-state index contributed by atoms with van der Waals surface area (Å²) in [6.07, 6.45) is 1.32. The molecule has 1 aromatic carbocycles. The Morgan fingerprint density at radius 2 is 2.12 bits per heavy atom. The maximum absolute atomic E-state index is 9.54. The Bertz CT molecular complexity index is 502. The lowest BCUT2D eigenvalue weighted by Crippen LogP contribution is -1.92. The van der Waals surface area contributed by atoms with Crippen LogP contribution >= 0.6 is 27.7 Å². The lowest BCUT2D eigenvalue weighted by Gasteiger charge is -2.09. The van der Waals surface area contributed by atoms with Crippen LogP contribution < -0.4 is 0 Å². The fraction of sp³-hybridized carbons (Fsp3) is 0.154. The Hall–Kier alpha value is -0.840. The van der Waals surface area contributed by atoms with Crippen molar-refractivity contribution in [1.29, 1.82) is 0 Å². The molecule has 0 unspecified atom stereocenters. The van der Waals surface area contributed by atoms with Gasteiger partial charge in [-0.05, 0) is 36.8 Å². The zero-order chi connectivity index (χ0) is 12.3. The highest BCUT2D eigenvalue weighted by atomic mass is 79.9. The van der Waals surface area contributed by atoms with Crippen molar-refractivity contribution >= 4 is 27.7 Å². The van der Waals surface area contributed by atoms with E-state index in [4.69, 9.17) is 0 Å². The lowest BCUT2D eigenvalue weighted by atomic mass is 10.1. The molecule has 1 aromatic heterocycles. The molecule has 17 heavy (non-hydrogen) atoms. The van der Waals surface area contributed by atoms with Gasteiger partial charge in [0.2, 0.25) is 0 Å². The number of aliphatic hydroxyl groups excluding tert-OH is 1. The molecule has 0 aliphatic carbocycles. The maximum Gasteiger partial charge on any atom is 0.101 e. The number of pyridine rings is 1. The quantitative estimate of drug-likeness (QED) is 0.928. The first-order valence-electron chi connectivity index (χ1n) is 5.23. The second kappa shape index (κ2) is 5.67. The average Bonchev–Trinajstić information content (AvgIpc) is 2.30. The molecule has 0 saturated carbocycles. The van der Waals surface area contributed by atoms with E-state index < -0.39 is 6.10 Å². The molecule has 0 aliphatic rings. The van der Waals surface area contributed by atoms with E-state index in [1.807, 2.05) is 36.4 Å². The topological polar surface area (TPSA) is 33.1 Å². The van der Waals surface area contributed by atoms with Crippen molar-refractivity contribution in [2.45, 2.75) is 22.9 Å². The molecule has 2 nitrogen and oxygen atoms in total. The van der Waals surface area contributed by atoms with E-state index in [-0.39, 0.29) is 0 Å². The number of rotatable bonds is 3. The Morgan fingerprint density at radius 1 is 1.29 bits per heavy atom. The SMILES string of the molecule is C[C@H](O)c1ccc(Sc2ccccn2)cc1Br. The minimum Gasteiger partial charge on any atom is -0.389 e. The second-order valence-corrected chi connectivity index (χ2v) is 5.58. The van der Waals surface area contributed by atoms with Crippen molar-refractivity contribution in [2.75, 3.05) is 0 Å². The van der Waals surface area contributed by atoms with Gasteiger partial charge in [0.05, 0.1) is 6.10 Å². The van der Waals surface area contributed by atoms with Crippen LogP contribution in [0.15, 0.2) is 57.0 Å². The summed E-state index contributed by atoms with van der Waals surface area (Å²) in [4.78, 5) is 5.36. The van der Waals surface area contributed by atoms with Crippen LogP contribution in [-0.4, -0.2) is 10.1 Å². The van der Waals surface area contributed by atoms with Crippen molar-refractivity contribution in [2.24, 2.45) is 0 Å². The number of hydrogen-bond donors (Lipinski definition) is 1. The molecule has 88 valence electrons. The molecule has 0 fully saturated rings. The molecule has 0 radical (unpaired) electrons.